The molecule has 0 unspecified atom stereocenters. The number of benzene rings is 2. The number of nitrogens with zero attached hydrogens (tertiary/aromatic N) is 1. The molecule has 3 rings (SSSR count). The predicted octanol–water partition coefficient (Wildman–Crippen LogP) is 3.53. The highest BCUT2D eigenvalue weighted by atomic mass is 16.1. The monoisotopic (exact) mass is 322 g/mol. The minimum atomic E-state index is -0.147. The molecule has 1 heterocycles. The van der Waals surface area contributed by atoms with E-state index in [9.17, 15) is 4.79 Å². The summed E-state index contributed by atoms with van der Waals surface area (Å²) < 4.78 is 0. The number of carbonyl (C=O) groups excluding carboxylic acids is 1. The fourth-order valence-corrected chi connectivity index (χ4v) is 3.42. The molecule has 0 aromatic heterocycles. The first-order chi connectivity index (χ1) is 11.6. The maximum atomic E-state index is 12.3. The maximum absolute atomic E-state index is 12.3. The topological polar surface area (TPSA) is 32.3 Å². The molecule has 0 bridgehead atoms. The van der Waals surface area contributed by atoms with Crippen LogP contribution in [0.5, 0.6) is 0 Å². The van der Waals surface area contributed by atoms with Crippen LogP contribution in [0, 0.1) is 0 Å². The van der Waals surface area contributed by atoms with Gasteiger partial charge in [-0.25, -0.2) is 0 Å². The molecule has 2 aromatic carbocycles. The van der Waals surface area contributed by atoms with Crippen LogP contribution in [-0.4, -0.2) is 25.5 Å². The molecular weight excluding hydrogens is 296 g/mol. The third kappa shape index (κ3) is 3.78. The summed E-state index contributed by atoms with van der Waals surface area (Å²) in [6.07, 6.45) is 1.61. The van der Waals surface area contributed by atoms with Gasteiger partial charge in [-0.15, -0.1) is 0 Å². The average Bonchev–Trinajstić information content (AvgIpc) is 2.99. The van der Waals surface area contributed by atoms with Crippen molar-refractivity contribution >= 4 is 11.6 Å². The van der Waals surface area contributed by atoms with E-state index in [1.165, 1.54) is 16.8 Å². The molecule has 0 fully saturated rings. The lowest BCUT2D eigenvalue weighted by Crippen LogP contribution is -2.36. The van der Waals surface area contributed by atoms with Gasteiger partial charge in [-0.1, -0.05) is 62.4 Å². The largest absolute Gasteiger partial charge is 0.369 e. The number of nitrogens with one attached hydrogen (secondary N) is 1. The second-order valence-corrected chi connectivity index (χ2v) is 7.14. The first-order valence-corrected chi connectivity index (χ1v) is 8.71. The third-order valence-corrected chi connectivity index (χ3v) is 4.85. The summed E-state index contributed by atoms with van der Waals surface area (Å²) >= 11 is 0. The van der Waals surface area contributed by atoms with Gasteiger partial charge in [0, 0.05) is 31.7 Å². The van der Waals surface area contributed by atoms with Crippen LogP contribution in [0.2, 0.25) is 0 Å². The van der Waals surface area contributed by atoms with Gasteiger partial charge in [-0.2, -0.15) is 0 Å². The van der Waals surface area contributed by atoms with E-state index < -0.39 is 0 Å². The van der Waals surface area contributed by atoms with Crippen molar-refractivity contribution < 1.29 is 4.79 Å². The summed E-state index contributed by atoms with van der Waals surface area (Å²) in [5.74, 6) is 0.122. The van der Waals surface area contributed by atoms with Crippen molar-refractivity contribution in [2.24, 2.45) is 0 Å². The number of hydrogen-bond acceptors (Lipinski definition) is 2. The highest BCUT2D eigenvalue weighted by Crippen LogP contribution is 2.27. The highest BCUT2D eigenvalue weighted by molar-refractivity contribution is 5.77. The van der Waals surface area contributed by atoms with Gasteiger partial charge < -0.3 is 10.2 Å². The molecule has 2 aromatic rings. The normalized spacial score (nSPS) is 13.7. The number of fused-ring (bicyclic) bond motifs is 1. The Hall–Kier alpha value is -2.29. The van der Waals surface area contributed by atoms with E-state index in [2.05, 4.69) is 60.5 Å². The smallest absolute Gasteiger partial charge is 0.220 e. The number of carbonyl (C=O) groups is 1. The third-order valence-electron chi connectivity index (χ3n) is 4.85. The van der Waals surface area contributed by atoms with E-state index >= 15 is 0 Å². The number of rotatable bonds is 6. The Labute approximate surface area is 144 Å². The zero-order chi connectivity index (χ0) is 17.0. The van der Waals surface area contributed by atoms with Gasteiger partial charge in [0.15, 0.2) is 0 Å². The lowest BCUT2D eigenvalue weighted by atomic mass is 9.81. The fraction of sp³-hybridized carbons (Fsp3) is 0.381. The molecule has 24 heavy (non-hydrogen) atoms. The number of hydrogen-bond donors (Lipinski definition) is 1. The molecule has 1 aliphatic heterocycles. The molecule has 0 aliphatic carbocycles. The predicted molar refractivity (Wildman–Crippen MR) is 99.5 cm³/mol. The quantitative estimate of drug-likeness (QED) is 0.882. The zero-order valence-electron chi connectivity index (χ0n) is 14.6. The van der Waals surface area contributed by atoms with E-state index in [-0.39, 0.29) is 11.3 Å². The Morgan fingerprint density at radius 2 is 1.79 bits per heavy atom. The van der Waals surface area contributed by atoms with E-state index in [4.69, 9.17) is 0 Å². The van der Waals surface area contributed by atoms with Crippen LogP contribution in [0.25, 0.3) is 0 Å². The minimum Gasteiger partial charge on any atom is -0.369 e. The molecule has 0 radical (unpaired) electrons. The molecule has 1 N–H and O–H groups in total. The van der Waals surface area contributed by atoms with Crippen molar-refractivity contribution in [3.63, 3.8) is 0 Å². The van der Waals surface area contributed by atoms with E-state index in [0.717, 1.165) is 19.5 Å². The van der Waals surface area contributed by atoms with Crippen LogP contribution < -0.4 is 10.2 Å². The molecule has 0 spiro atoms. The van der Waals surface area contributed by atoms with Crippen LogP contribution in [0.1, 0.15) is 31.4 Å². The lowest BCUT2D eigenvalue weighted by molar-refractivity contribution is -0.122. The van der Waals surface area contributed by atoms with Crippen molar-refractivity contribution in [2.75, 3.05) is 24.5 Å². The average molecular weight is 322 g/mol. The molecule has 126 valence electrons. The van der Waals surface area contributed by atoms with E-state index in [1.807, 2.05) is 18.2 Å². The van der Waals surface area contributed by atoms with Crippen LogP contribution in [0.4, 0.5) is 5.69 Å². The Morgan fingerprint density at radius 3 is 2.58 bits per heavy atom. The molecular formula is C21H26N2O. The van der Waals surface area contributed by atoms with Crippen molar-refractivity contribution in [3.05, 3.63) is 65.7 Å². The summed E-state index contributed by atoms with van der Waals surface area (Å²) in [7, 11) is 0. The van der Waals surface area contributed by atoms with Gasteiger partial charge in [-0.3, -0.25) is 4.79 Å². The maximum Gasteiger partial charge on any atom is 0.220 e. The van der Waals surface area contributed by atoms with Gasteiger partial charge in [0.05, 0.1) is 0 Å². The van der Waals surface area contributed by atoms with Crippen molar-refractivity contribution in [2.45, 2.75) is 32.1 Å². The highest BCUT2D eigenvalue weighted by Gasteiger charge is 2.24. The van der Waals surface area contributed by atoms with Crippen LogP contribution in [0.3, 0.4) is 0 Å². The van der Waals surface area contributed by atoms with Gasteiger partial charge >= 0.3 is 0 Å². The second kappa shape index (κ2) is 7.08. The Balaban J connectivity index is 1.48. The van der Waals surface area contributed by atoms with Crippen molar-refractivity contribution in [1.82, 2.24) is 5.32 Å². The summed E-state index contributed by atoms with van der Waals surface area (Å²) in [6, 6.07) is 18.8. The van der Waals surface area contributed by atoms with E-state index in [0.29, 0.717) is 13.0 Å². The molecule has 1 amide bonds. The number of anilines is 1. The molecule has 0 saturated carbocycles. The SMILES string of the molecule is CC(C)(CC(=O)NCCN1CCc2ccccc21)c1ccccc1. The summed E-state index contributed by atoms with van der Waals surface area (Å²) in [4.78, 5) is 14.7. The molecule has 3 heteroatoms. The van der Waals surface area contributed by atoms with Crippen LogP contribution in [-0.2, 0) is 16.6 Å². The number of para-hydroxylation sites is 1. The molecule has 1 aliphatic rings. The first-order valence-electron chi connectivity index (χ1n) is 8.71. The summed E-state index contributed by atoms with van der Waals surface area (Å²) in [6.45, 7) is 6.86. The van der Waals surface area contributed by atoms with Gasteiger partial charge in [0.25, 0.3) is 0 Å². The van der Waals surface area contributed by atoms with Crippen LogP contribution >= 0.6 is 0 Å². The first kappa shape index (κ1) is 16.6. The van der Waals surface area contributed by atoms with Crippen molar-refractivity contribution in [1.29, 1.82) is 0 Å². The van der Waals surface area contributed by atoms with Gasteiger partial charge in [-0.05, 0) is 29.0 Å². The summed E-state index contributed by atoms with van der Waals surface area (Å²) in [5, 5.41) is 3.09. The Morgan fingerprint density at radius 1 is 1.08 bits per heavy atom. The summed E-state index contributed by atoms with van der Waals surface area (Å²) in [5.41, 5.74) is 3.78. The molecule has 0 atom stereocenters. The Bertz CT molecular complexity index is 694. The minimum absolute atomic E-state index is 0.122. The molecule has 0 saturated heterocycles. The van der Waals surface area contributed by atoms with Gasteiger partial charge in [0.1, 0.15) is 0 Å². The Kier molecular flexibility index (Phi) is 4.89. The van der Waals surface area contributed by atoms with Crippen LogP contribution in [0.15, 0.2) is 54.6 Å². The van der Waals surface area contributed by atoms with Gasteiger partial charge in [0.2, 0.25) is 5.91 Å². The van der Waals surface area contributed by atoms with Crippen molar-refractivity contribution in [3.8, 4) is 0 Å². The zero-order valence-corrected chi connectivity index (χ0v) is 14.6. The second-order valence-electron chi connectivity index (χ2n) is 7.14. The molecule has 3 nitrogen and oxygen atoms in total. The number of amides is 1. The fourth-order valence-electron chi connectivity index (χ4n) is 3.42. The standard InChI is InChI=1S/C21H26N2O/c1-21(2,18-9-4-3-5-10-18)16-20(24)22-13-15-23-14-12-17-8-6-7-11-19(17)23/h3-11H,12-16H2,1-2H3,(H,22,24). The lowest BCUT2D eigenvalue weighted by Gasteiger charge is -2.25. The van der Waals surface area contributed by atoms with E-state index in [1.54, 1.807) is 0 Å².